The molecule has 1 aromatic carbocycles. The molecule has 7 nitrogen and oxygen atoms in total. The number of nitrogens with zero attached hydrogens (tertiary/aromatic N) is 5. The summed E-state index contributed by atoms with van der Waals surface area (Å²) in [5.41, 5.74) is 3.94. The molecular formula is C22H28N6O. The highest BCUT2D eigenvalue weighted by molar-refractivity contribution is 5.83. The second-order valence-corrected chi connectivity index (χ2v) is 8.59. The van der Waals surface area contributed by atoms with Crippen LogP contribution in [0.1, 0.15) is 73.1 Å². The van der Waals surface area contributed by atoms with Gasteiger partial charge in [-0.3, -0.25) is 9.69 Å². The van der Waals surface area contributed by atoms with Gasteiger partial charge in [-0.2, -0.15) is 0 Å². The molecular weight excluding hydrogens is 364 g/mol. The number of aromatic amines is 1. The first-order chi connectivity index (χ1) is 14.1. The van der Waals surface area contributed by atoms with Crippen LogP contribution in [0.15, 0.2) is 23.0 Å². The summed E-state index contributed by atoms with van der Waals surface area (Å²) in [6.07, 6.45) is 6.94. The van der Waals surface area contributed by atoms with Gasteiger partial charge in [0.25, 0.3) is 5.56 Å². The van der Waals surface area contributed by atoms with E-state index in [-0.39, 0.29) is 11.6 Å². The number of aryl methyl sites for hydroxylation is 2. The van der Waals surface area contributed by atoms with Crippen LogP contribution < -0.4 is 5.56 Å². The Labute approximate surface area is 170 Å². The lowest BCUT2D eigenvalue weighted by atomic mass is 10.00. The van der Waals surface area contributed by atoms with Gasteiger partial charge in [0.05, 0.1) is 11.6 Å². The molecule has 0 amide bonds. The largest absolute Gasteiger partial charge is 0.321 e. The number of benzene rings is 1. The van der Waals surface area contributed by atoms with Crippen molar-refractivity contribution in [2.75, 3.05) is 13.1 Å². The molecule has 3 aromatic rings. The Kier molecular flexibility index (Phi) is 4.70. The van der Waals surface area contributed by atoms with Gasteiger partial charge >= 0.3 is 0 Å². The third-order valence-corrected chi connectivity index (χ3v) is 6.81. The quantitative estimate of drug-likeness (QED) is 0.736. The summed E-state index contributed by atoms with van der Waals surface area (Å²) in [5.74, 6) is 0.812. The minimum absolute atomic E-state index is 0.0379. The number of tetrazole rings is 1. The predicted molar refractivity (Wildman–Crippen MR) is 112 cm³/mol. The number of likely N-dealkylation sites (tertiary alicyclic amines) is 1. The molecule has 152 valence electrons. The van der Waals surface area contributed by atoms with Crippen molar-refractivity contribution < 1.29 is 0 Å². The first kappa shape index (κ1) is 18.5. The lowest BCUT2D eigenvalue weighted by Crippen LogP contribution is -2.34. The second-order valence-electron chi connectivity index (χ2n) is 8.59. The van der Waals surface area contributed by atoms with Crippen molar-refractivity contribution in [1.29, 1.82) is 0 Å². The van der Waals surface area contributed by atoms with Crippen molar-refractivity contribution in [2.24, 2.45) is 0 Å². The number of nitrogens with one attached hydrogen (secondary N) is 1. The topological polar surface area (TPSA) is 79.7 Å². The lowest BCUT2D eigenvalue weighted by molar-refractivity contribution is 0.256. The Morgan fingerprint density at radius 2 is 1.86 bits per heavy atom. The Balaban J connectivity index is 1.67. The number of aromatic nitrogens is 5. The van der Waals surface area contributed by atoms with Crippen molar-refractivity contribution in [3.63, 3.8) is 0 Å². The summed E-state index contributed by atoms with van der Waals surface area (Å²) in [4.78, 5) is 18.8. The maximum absolute atomic E-state index is 13.3. The van der Waals surface area contributed by atoms with Gasteiger partial charge in [0.15, 0.2) is 5.82 Å². The van der Waals surface area contributed by atoms with Crippen LogP contribution in [0.2, 0.25) is 0 Å². The van der Waals surface area contributed by atoms with Crippen molar-refractivity contribution in [3.05, 3.63) is 51.1 Å². The number of fused-ring (bicyclic) bond motifs is 1. The molecule has 0 bridgehead atoms. The van der Waals surface area contributed by atoms with E-state index in [1.54, 1.807) is 0 Å². The van der Waals surface area contributed by atoms with Gasteiger partial charge in [0.1, 0.15) is 6.04 Å². The van der Waals surface area contributed by atoms with Crippen LogP contribution in [0.5, 0.6) is 0 Å². The zero-order valence-electron chi connectivity index (χ0n) is 17.2. The SMILES string of the molecule is Cc1ccc2cc([C@H](c3nnnn3C3CCCC3)N3CCCC3)c(=O)[nH]c2c1C. The first-order valence-corrected chi connectivity index (χ1v) is 10.8. The Morgan fingerprint density at radius 3 is 2.62 bits per heavy atom. The molecule has 2 aromatic heterocycles. The van der Waals surface area contributed by atoms with E-state index in [1.807, 2.05) is 4.68 Å². The van der Waals surface area contributed by atoms with E-state index in [1.165, 1.54) is 18.4 Å². The number of rotatable bonds is 4. The maximum atomic E-state index is 13.3. The van der Waals surface area contributed by atoms with Crippen molar-refractivity contribution >= 4 is 10.9 Å². The molecule has 0 unspecified atom stereocenters. The maximum Gasteiger partial charge on any atom is 0.253 e. The van der Waals surface area contributed by atoms with E-state index in [4.69, 9.17) is 0 Å². The third-order valence-electron chi connectivity index (χ3n) is 6.81. The van der Waals surface area contributed by atoms with Crippen LogP contribution >= 0.6 is 0 Å². The highest BCUT2D eigenvalue weighted by Crippen LogP contribution is 2.35. The van der Waals surface area contributed by atoms with Gasteiger partial charge in [0, 0.05) is 5.56 Å². The van der Waals surface area contributed by atoms with Gasteiger partial charge in [0.2, 0.25) is 0 Å². The van der Waals surface area contributed by atoms with E-state index >= 15 is 0 Å². The number of H-pyrrole nitrogens is 1. The molecule has 1 saturated carbocycles. The van der Waals surface area contributed by atoms with E-state index in [0.29, 0.717) is 6.04 Å². The van der Waals surface area contributed by atoms with Gasteiger partial charge in [-0.25, -0.2) is 4.68 Å². The van der Waals surface area contributed by atoms with Gasteiger partial charge in [-0.1, -0.05) is 25.0 Å². The average molecular weight is 393 g/mol. The molecule has 1 aliphatic carbocycles. The molecule has 2 fully saturated rings. The Morgan fingerprint density at radius 1 is 1.10 bits per heavy atom. The first-order valence-electron chi connectivity index (χ1n) is 10.8. The number of pyridine rings is 1. The summed E-state index contributed by atoms with van der Waals surface area (Å²) in [6, 6.07) is 6.40. The molecule has 3 heterocycles. The zero-order chi connectivity index (χ0) is 20.0. The normalized spacial score (nSPS) is 19.4. The third kappa shape index (κ3) is 3.17. The van der Waals surface area contributed by atoms with Crippen LogP contribution in [0.25, 0.3) is 10.9 Å². The van der Waals surface area contributed by atoms with E-state index in [9.17, 15) is 4.79 Å². The highest BCUT2D eigenvalue weighted by Gasteiger charge is 2.34. The second kappa shape index (κ2) is 7.37. The van der Waals surface area contributed by atoms with Crippen LogP contribution in [-0.2, 0) is 0 Å². The molecule has 1 atom stereocenters. The average Bonchev–Trinajstić information content (AvgIpc) is 3.48. The highest BCUT2D eigenvalue weighted by atomic mass is 16.1. The summed E-state index contributed by atoms with van der Waals surface area (Å²) in [5, 5.41) is 13.9. The lowest BCUT2D eigenvalue weighted by Gasteiger charge is -2.27. The predicted octanol–water partition coefficient (Wildman–Crippen LogP) is 3.43. The monoisotopic (exact) mass is 392 g/mol. The van der Waals surface area contributed by atoms with Gasteiger partial charge < -0.3 is 4.98 Å². The fraction of sp³-hybridized carbons (Fsp3) is 0.545. The Hall–Kier alpha value is -2.54. The molecule has 1 saturated heterocycles. The van der Waals surface area contributed by atoms with Crippen LogP contribution in [-0.4, -0.2) is 43.2 Å². The van der Waals surface area contributed by atoms with Crippen molar-refractivity contribution in [3.8, 4) is 0 Å². The molecule has 2 aliphatic rings. The Bertz CT molecular complexity index is 1090. The summed E-state index contributed by atoms with van der Waals surface area (Å²) < 4.78 is 2.00. The smallest absolute Gasteiger partial charge is 0.253 e. The summed E-state index contributed by atoms with van der Waals surface area (Å²) in [6.45, 7) is 6.06. The van der Waals surface area contributed by atoms with Gasteiger partial charge in [-0.05, 0) is 85.6 Å². The fourth-order valence-electron chi connectivity index (χ4n) is 5.03. The van der Waals surface area contributed by atoms with Gasteiger partial charge in [-0.15, -0.1) is 5.10 Å². The van der Waals surface area contributed by atoms with Crippen LogP contribution in [0.4, 0.5) is 0 Å². The summed E-state index contributed by atoms with van der Waals surface area (Å²) >= 11 is 0. The molecule has 0 spiro atoms. The van der Waals surface area contributed by atoms with E-state index < -0.39 is 0 Å². The number of hydrogen-bond acceptors (Lipinski definition) is 5. The molecule has 29 heavy (non-hydrogen) atoms. The van der Waals surface area contributed by atoms with E-state index in [2.05, 4.69) is 57.5 Å². The molecule has 0 radical (unpaired) electrons. The zero-order valence-corrected chi connectivity index (χ0v) is 17.2. The van der Waals surface area contributed by atoms with Crippen molar-refractivity contribution in [1.82, 2.24) is 30.1 Å². The minimum Gasteiger partial charge on any atom is -0.321 e. The molecule has 5 rings (SSSR count). The summed E-state index contributed by atoms with van der Waals surface area (Å²) in [7, 11) is 0. The standard InChI is InChI=1S/C22H28N6O/c1-14-9-10-16-13-18(22(29)23-19(16)15(14)2)20(27-11-5-6-12-27)21-24-25-26-28(21)17-7-3-4-8-17/h9-10,13,17,20H,3-8,11-12H2,1-2H3,(H,23,29)/t20-/m1/s1. The molecule has 7 heteroatoms. The minimum atomic E-state index is -0.206. The van der Waals surface area contributed by atoms with E-state index in [0.717, 1.165) is 66.6 Å². The number of hydrogen-bond donors (Lipinski definition) is 1. The molecule has 1 N–H and O–H groups in total. The fourth-order valence-corrected chi connectivity index (χ4v) is 5.03. The van der Waals surface area contributed by atoms with Crippen LogP contribution in [0, 0.1) is 13.8 Å². The van der Waals surface area contributed by atoms with Crippen LogP contribution in [0.3, 0.4) is 0 Å². The molecule has 1 aliphatic heterocycles. The van der Waals surface area contributed by atoms with Crippen molar-refractivity contribution in [2.45, 2.75) is 64.5 Å².